The molecule has 0 radical (unpaired) electrons. The highest BCUT2D eigenvalue weighted by atomic mass is 35.5. The van der Waals surface area contributed by atoms with Crippen LogP contribution in [0.4, 0.5) is 0 Å². The molecule has 7 heteroatoms. The molecular formula is C22H28ClN3O3. The Labute approximate surface area is 176 Å². The van der Waals surface area contributed by atoms with E-state index in [4.69, 9.17) is 16.3 Å². The van der Waals surface area contributed by atoms with Gasteiger partial charge in [0, 0.05) is 30.9 Å². The number of carbonyl (C=O) groups is 2. The van der Waals surface area contributed by atoms with Gasteiger partial charge in [-0.25, -0.2) is 0 Å². The first-order valence-electron chi connectivity index (χ1n) is 10.6. The standard InChI is InChI=1S/C22H28ClN3O3/c1-3-25(4-2)11-12-26-19(14-7-9-24-10-8-14)18-20(27)16-13-15(23)5-6-17(16)29-21(18)22(26)28/h7-10,15-17,19H,3-6,11-13H2,1-2H3. The number of ketones is 1. The van der Waals surface area contributed by atoms with Crippen molar-refractivity contribution in [3.05, 3.63) is 41.4 Å². The van der Waals surface area contributed by atoms with E-state index in [0.29, 0.717) is 25.0 Å². The summed E-state index contributed by atoms with van der Waals surface area (Å²) in [7, 11) is 0. The number of rotatable bonds is 6. The van der Waals surface area contributed by atoms with Crippen molar-refractivity contribution in [3.63, 3.8) is 0 Å². The Balaban J connectivity index is 1.69. The number of Topliss-reactive ketones (excluding diaryl/α,β-unsaturated/α-hetero) is 1. The quantitative estimate of drug-likeness (QED) is 0.666. The van der Waals surface area contributed by atoms with Gasteiger partial charge in [0.05, 0.1) is 17.5 Å². The second kappa shape index (κ2) is 8.44. The molecule has 0 spiro atoms. The van der Waals surface area contributed by atoms with Gasteiger partial charge in [0.25, 0.3) is 5.91 Å². The molecule has 1 aromatic heterocycles. The fourth-order valence-corrected chi connectivity index (χ4v) is 5.09. The topological polar surface area (TPSA) is 62.7 Å². The molecule has 1 aromatic rings. The maximum Gasteiger partial charge on any atom is 0.290 e. The molecule has 4 atom stereocenters. The Morgan fingerprint density at radius 2 is 1.93 bits per heavy atom. The van der Waals surface area contributed by atoms with Gasteiger partial charge < -0.3 is 14.5 Å². The lowest BCUT2D eigenvalue weighted by Crippen LogP contribution is -2.41. The van der Waals surface area contributed by atoms with E-state index in [0.717, 1.165) is 31.6 Å². The summed E-state index contributed by atoms with van der Waals surface area (Å²) in [5.41, 5.74) is 1.40. The van der Waals surface area contributed by atoms with E-state index in [1.54, 1.807) is 17.3 Å². The van der Waals surface area contributed by atoms with Crippen LogP contribution in [0, 0.1) is 5.92 Å². The Morgan fingerprint density at radius 1 is 1.21 bits per heavy atom. The van der Waals surface area contributed by atoms with Crippen LogP contribution in [0.5, 0.6) is 0 Å². The molecule has 0 bridgehead atoms. The van der Waals surface area contributed by atoms with Crippen molar-refractivity contribution in [2.24, 2.45) is 5.92 Å². The highest BCUT2D eigenvalue weighted by Crippen LogP contribution is 2.47. The van der Waals surface area contributed by atoms with Gasteiger partial charge in [-0.3, -0.25) is 14.6 Å². The van der Waals surface area contributed by atoms with Crippen molar-refractivity contribution in [2.45, 2.75) is 50.6 Å². The summed E-state index contributed by atoms with van der Waals surface area (Å²) in [6, 6.07) is 3.34. The molecule has 6 nitrogen and oxygen atoms in total. The second-order valence-corrected chi connectivity index (χ2v) is 8.61. The number of halogens is 1. The summed E-state index contributed by atoms with van der Waals surface area (Å²) in [5.74, 6) is -0.147. The monoisotopic (exact) mass is 417 g/mol. The lowest BCUT2D eigenvalue weighted by Gasteiger charge is -2.37. The minimum Gasteiger partial charge on any atom is -0.483 e. The van der Waals surface area contributed by atoms with Crippen LogP contribution in [0.2, 0.25) is 0 Å². The number of likely N-dealkylation sites (N-methyl/N-ethyl adjacent to an activating group) is 1. The third-order valence-electron chi connectivity index (χ3n) is 6.45. The normalized spacial score (nSPS) is 29.2. The van der Waals surface area contributed by atoms with E-state index >= 15 is 0 Å². The van der Waals surface area contributed by atoms with E-state index in [1.807, 2.05) is 12.1 Å². The van der Waals surface area contributed by atoms with Crippen LogP contribution in [0.25, 0.3) is 0 Å². The third-order valence-corrected chi connectivity index (χ3v) is 6.85. The average molecular weight is 418 g/mol. The van der Waals surface area contributed by atoms with Crippen LogP contribution in [-0.2, 0) is 14.3 Å². The fraction of sp³-hybridized carbons (Fsp3) is 0.591. The summed E-state index contributed by atoms with van der Waals surface area (Å²) in [5, 5.41) is -0.0128. The maximum atomic E-state index is 13.5. The molecule has 4 unspecified atom stereocenters. The predicted octanol–water partition coefficient (Wildman–Crippen LogP) is 2.94. The Kier molecular flexibility index (Phi) is 5.93. The first-order chi connectivity index (χ1) is 14.0. The minimum atomic E-state index is -0.416. The Hall–Kier alpha value is -1.92. The van der Waals surface area contributed by atoms with Gasteiger partial charge in [-0.05, 0) is 50.0 Å². The third kappa shape index (κ3) is 3.68. The van der Waals surface area contributed by atoms with Crippen molar-refractivity contribution in [1.82, 2.24) is 14.8 Å². The average Bonchev–Trinajstić information content (AvgIpc) is 3.02. The highest BCUT2D eigenvalue weighted by molar-refractivity contribution is 6.21. The van der Waals surface area contributed by atoms with Crippen molar-refractivity contribution < 1.29 is 14.3 Å². The van der Waals surface area contributed by atoms with E-state index in [9.17, 15) is 9.59 Å². The van der Waals surface area contributed by atoms with Crippen LogP contribution in [0.15, 0.2) is 35.9 Å². The van der Waals surface area contributed by atoms with Gasteiger partial charge in [-0.15, -0.1) is 11.6 Å². The smallest absolute Gasteiger partial charge is 0.290 e. The molecule has 3 heterocycles. The van der Waals surface area contributed by atoms with Gasteiger partial charge in [0.15, 0.2) is 11.5 Å². The molecule has 0 saturated heterocycles. The van der Waals surface area contributed by atoms with Gasteiger partial charge in [-0.1, -0.05) is 13.8 Å². The van der Waals surface area contributed by atoms with E-state index < -0.39 is 6.04 Å². The maximum absolute atomic E-state index is 13.5. The number of nitrogens with zero attached hydrogens (tertiary/aromatic N) is 3. The number of ether oxygens (including phenoxy) is 1. The second-order valence-electron chi connectivity index (χ2n) is 7.99. The molecule has 4 rings (SSSR count). The number of fused-ring (bicyclic) bond motifs is 1. The van der Waals surface area contributed by atoms with Crippen LogP contribution >= 0.6 is 11.6 Å². The summed E-state index contributed by atoms with van der Waals surface area (Å²) in [6.45, 7) is 7.36. The van der Waals surface area contributed by atoms with E-state index in [2.05, 4.69) is 23.7 Å². The van der Waals surface area contributed by atoms with Gasteiger partial charge in [-0.2, -0.15) is 0 Å². The number of aromatic nitrogens is 1. The van der Waals surface area contributed by atoms with Crippen molar-refractivity contribution >= 4 is 23.3 Å². The minimum absolute atomic E-state index is 0.0128. The number of hydrogen-bond donors (Lipinski definition) is 0. The molecule has 3 aliphatic rings. The van der Waals surface area contributed by atoms with Gasteiger partial charge in [0.2, 0.25) is 0 Å². The van der Waals surface area contributed by atoms with Crippen molar-refractivity contribution in [3.8, 4) is 0 Å². The Morgan fingerprint density at radius 3 is 2.62 bits per heavy atom. The zero-order valence-corrected chi connectivity index (χ0v) is 17.8. The van der Waals surface area contributed by atoms with Crippen LogP contribution in [-0.4, -0.2) is 64.1 Å². The van der Waals surface area contributed by atoms with Crippen LogP contribution in [0.3, 0.4) is 0 Å². The first kappa shape index (κ1) is 20.4. The van der Waals surface area contributed by atoms with Gasteiger partial charge in [0.1, 0.15) is 6.10 Å². The zero-order valence-electron chi connectivity index (χ0n) is 17.0. The van der Waals surface area contributed by atoms with E-state index in [1.165, 1.54) is 0 Å². The summed E-state index contributed by atoms with van der Waals surface area (Å²) in [6.07, 6.45) is 5.31. The molecule has 1 fully saturated rings. The zero-order chi connectivity index (χ0) is 20.5. The summed E-state index contributed by atoms with van der Waals surface area (Å²) < 4.78 is 6.17. The molecule has 2 aliphatic heterocycles. The molecule has 1 aliphatic carbocycles. The lowest BCUT2D eigenvalue weighted by molar-refractivity contribution is -0.135. The van der Waals surface area contributed by atoms with Crippen molar-refractivity contribution in [2.75, 3.05) is 26.2 Å². The molecule has 1 saturated carbocycles. The summed E-state index contributed by atoms with van der Waals surface area (Å²) >= 11 is 6.36. The van der Waals surface area contributed by atoms with Crippen molar-refractivity contribution in [1.29, 1.82) is 0 Å². The summed E-state index contributed by atoms with van der Waals surface area (Å²) in [4.78, 5) is 35.0. The Bertz CT molecular complexity index is 809. The van der Waals surface area contributed by atoms with Crippen LogP contribution < -0.4 is 0 Å². The van der Waals surface area contributed by atoms with Gasteiger partial charge >= 0.3 is 0 Å². The predicted molar refractivity (Wildman–Crippen MR) is 110 cm³/mol. The lowest BCUT2D eigenvalue weighted by atomic mass is 9.77. The molecule has 0 N–H and O–H groups in total. The largest absolute Gasteiger partial charge is 0.483 e. The molecular weight excluding hydrogens is 390 g/mol. The highest BCUT2D eigenvalue weighted by Gasteiger charge is 2.52. The molecule has 1 amide bonds. The van der Waals surface area contributed by atoms with E-state index in [-0.39, 0.29) is 34.8 Å². The first-order valence-corrected chi connectivity index (χ1v) is 11.0. The fourth-order valence-electron chi connectivity index (χ4n) is 4.77. The van der Waals surface area contributed by atoms with Crippen LogP contribution in [0.1, 0.15) is 44.7 Å². The number of pyridine rings is 1. The molecule has 0 aromatic carbocycles. The number of hydrogen-bond acceptors (Lipinski definition) is 5. The SMILES string of the molecule is CCN(CC)CCN1C(=O)C2=C(C(=O)C3CC(Cl)CCC3O2)C1c1ccncc1. The number of amides is 1. The molecule has 29 heavy (non-hydrogen) atoms. The molecule has 156 valence electrons. The number of alkyl halides is 1. The number of carbonyl (C=O) groups excluding carboxylic acids is 2.